The van der Waals surface area contributed by atoms with Crippen molar-refractivity contribution in [3.63, 3.8) is 0 Å². The van der Waals surface area contributed by atoms with Crippen LogP contribution in [-0.4, -0.2) is 27.1 Å². The average molecular weight is 209 g/mol. The number of fused-ring (bicyclic) bond motifs is 1. The van der Waals surface area contributed by atoms with E-state index in [1.165, 1.54) is 7.11 Å². The summed E-state index contributed by atoms with van der Waals surface area (Å²) in [5.74, 6) is 0.161. The Bertz CT molecular complexity index is 493. The number of hydrogen-bond acceptors (Lipinski definition) is 5. The monoisotopic (exact) mass is 209 g/mol. The molecule has 6 nitrogen and oxygen atoms in total. The first kappa shape index (κ1) is 9.75. The van der Waals surface area contributed by atoms with E-state index in [9.17, 15) is 0 Å². The third-order valence-corrected chi connectivity index (χ3v) is 2.18. The van der Waals surface area contributed by atoms with Gasteiger partial charge in [-0.05, 0) is 19.1 Å². The van der Waals surface area contributed by atoms with Gasteiger partial charge in [-0.25, -0.2) is 4.52 Å². The fourth-order valence-electron chi connectivity index (χ4n) is 1.49. The van der Waals surface area contributed by atoms with Gasteiger partial charge in [0, 0.05) is 5.69 Å². The molecule has 2 aromatic rings. The van der Waals surface area contributed by atoms with Crippen molar-refractivity contribution in [3.05, 3.63) is 23.9 Å². The highest BCUT2D eigenvalue weighted by atomic mass is 16.8. The number of hydrogen-bond donors (Lipinski definition) is 2. The Kier molecular flexibility index (Phi) is 2.22. The van der Waals surface area contributed by atoms with Crippen molar-refractivity contribution in [1.82, 2.24) is 9.61 Å². The van der Waals surface area contributed by atoms with Crippen LogP contribution >= 0.6 is 0 Å². The van der Waals surface area contributed by atoms with Crippen LogP contribution in [-0.2, 0) is 0 Å². The predicted molar refractivity (Wildman–Crippen MR) is 52.5 cm³/mol. The number of methoxy groups -OCH3 is 1. The molecule has 15 heavy (non-hydrogen) atoms. The maximum Gasteiger partial charge on any atom is 0.262 e. The van der Waals surface area contributed by atoms with Crippen molar-refractivity contribution in [1.29, 1.82) is 0 Å². The van der Waals surface area contributed by atoms with Crippen molar-refractivity contribution in [2.75, 3.05) is 12.3 Å². The van der Waals surface area contributed by atoms with Crippen molar-refractivity contribution in [2.45, 2.75) is 6.92 Å². The summed E-state index contributed by atoms with van der Waals surface area (Å²) in [6, 6.07) is 5.39. The van der Waals surface area contributed by atoms with Gasteiger partial charge >= 0.3 is 0 Å². The Morgan fingerprint density at radius 1 is 1.40 bits per heavy atom. The lowest BCUT2D eigenvalue weighted by Gasteiger charge is -2.06. The van der Waals surface area contributed by atoms with Gasteiger partial charge in [0.2, 0.25) is 0 Å². The van der Waals surface area contributed by atoms with Crippen LogP contribution in [0.15, 0.2) is 18.2 Å². The number of pyridine rings is 1. The van der Waals surface area contributed by atoms with Crippen molar-refractivity contribution < 1.29 is 15.2 Å². The van der Waals surface area contributed by atoms with Crippen molar-refractivity contribution in [3.8, 4) is 5.88 Å². The minimum Gasteiger partial charge on any atom is -0.478 e. The molecule has 2 aromatic heterocycles. The van der Waals surface area contributed by atoms with Crippen LogP contribution in [0, 0.1) is 6.92 Å². The number of nitrogens with zero attached hydrogens (tertiary/aromatic N) is 3. The summed E-state index contributed by atoms with van der Waals surface area (Å²) in [5.41, 5.74) is 1.57. The zero-order chi connectivity index (χ0) is 11.0. The summed E-state index contributed by atoms with van der Waals surface area (Å²) in [7, 11) is 1.42. The Labute approximate surface area is 85.8 Å². The first-order valence-electron chi connectivity index (χ1n) is 4.35. The molecule has 6 heteroatoms. The first-order chi connectivity index (χ1) is 7.15. The molecule has 0 atom stereocenters. The molecular weight excluding hydrogens is 198 g/mol. The highest BCUT2D eigenvalue weighted by Crippen LogP contribution is 2.30. The number of anilines is 1. The summed E-state index contributed by atoms with van der Waals surface area (Å²) in [5, 5.41) is 22.2. The quantitative estimate of drug-likeness (QED) is 0.728. The molecule has 0 aromatic carbocycles. The summed E-state index contributed by atoms with van der Waals surface area (Å²) in [4.78, 5) is 0. The number of rotatable bonds is 2. The van der Waals surface area contributed by atoms with E-state index in [4.69, 9.17) is 15.2 Å². The van der Waals surface area contributed by atoms with Gasteiger partial charge in [0.15, 0.2) is 5.69 Å². The van der Waals surface area contributed by atoms with Gasteiger partial charge in [0.05, 0.1) is 12.6 Å². The zero-order valence-corrected chi connectivity index (χ0v) is 8.38. The van der Waals surface area contributed by atoms with E-state index in [0.717, 1.165) is 5.69 Å². The van der Waals surface area contributed by atoms with E-state index < -0.39 is 0 Å². The van der Waals surface area contributed by atoms with E-state index in [2.05, 4.69) is 5.10 Å². The molecule has 0 unspecified atom stereocenters. The van der Waals surface area contributed by atoms with E-state index in [1.54, 1.807) is 16.6 Å². The van der Waals surface area contributed by atoms with E-state index in [0.29, 0.717) is 5.52 Å². The SMILES string of the molecule is COc1nn2c(C)cccc2c1N(O)O. The highest BCUT2D eigenvalue weighted by molar-refractivity contribution is 5.76. The minimum absolute atomic E-state index is 0.0145. The van der Waals surface area contributed by atoms with Crippen molar-refractivity contribution >= 4 is 11.2 Å². The number of ether oxygens (including phenoxy) is 1. The minimum atomic E-state index is 0.0145. The zero-order valence-electron chi connectivity index (χ0n) is 8.38. The second-order valence-corrected chi connectivity index (χ2v) is 3.11. The molecule has 0 aliphatic heterocycles. The van der Waals surface area contributed by atoms with E-state index in [1.807, 2.05) is 13.0 Å². The van der Waals surface area contributed by atoms with Crippen LogP contribution in [0.25, 0.3) is 5.52 Å². The van der Waals surface area contributed by atoms with Crippen LogP contribution in [0.5, 0.6) is 5.88 Å². The van der Waals surface area contributed by atoms with E-state index in [-0.39, 0.29) is 16.8 Å². The summed E-state index contributed by atoms with van der Waals surface area (Å²) in [6.07, 6.45) is 0. The Hall–Kier alpha value is -1.79. The summed E-state index contributed by atoms with van der Waals surface area (Å²) >= 11 is 0. The van der Waals surface area contributed by atoms with Gasteiger partial charge in [-0.2, -0.15) is 0 Å². The van der Waals surface area contributed by atoms with Crippen LogP contribution in [0.1, 0.15) is 5.69 Å². The van der Waals surface area contributed by atoms with Gasteiger partial charge in [-0.15, -0.1) is 10.3 Å². The average Bonchev–Trinajstić information content (AvgIpc) is 2.57. The standard InChI is InChI=1S/C9H11N3O3/c1-6-4-3-5-7-8(12(13)14)9(15-2)10-11(6)7/h3-5,13-14H,1-2H3. The van der Waals surface area contributed by atoms with Crippen LogP contribution < -0.4 is 9.96 Å². The molecule has 0 amide bonds. The Morgan fingerprint density at radius 3 is 2.73 bits per heavy atom. The second-order valence-electron chi connectivity index (χ2n) is 3.11. The third-order valence-electron chi connectivity index (χ3n) is 2.18. The number of aryl methyl sites for hydroxylation is 1. The molecule has 0 bridgehead atoms. The summed E-state index contributed by atoms with van der Waals surface area (Å²) < 4.78 is 6.53. The van der Waals surface area contributed by atoms with Gasteiger partial charge < -0.3 is 4.74 Å². The predicted octanol–water partition coefficient (Wildman–Crippen LogP) is 1.24. The van der Waals surface area contributed by atoms with Gasteiger partial charge in [-0.3, -0.25) is 10.4 Å². The van der Waals surface area contributed by atoms with Gasteiger partial charge in [0.25, 0.3) is 5.88 Å². The molecule has 0 saturated carbocycles. The first-order valence-corrected chi connectivity index (χ1v) is 4.35. The van der Waals surface area contributed by atoms with Gasteiger partial charge in [-0.1, -0.05) is 6.07 Å². The van der Waals surface area contributed by atoms with E-state index >= 15 is 0 Å². The van der Waals surface area contributed by atoms with Crippen molar-refractivity contribution in [2.24, 2.45) is 0 Å². The fourth-order valence-corrected chi connectivity index (χ4v) is 1.49. The normalized spacial score (nSPS) is 10.7. The molecule has 0 aliphatic carbocycles. The Balaban J connectivity index is 2.80. The highest BCUT2D eigenvalue weighted by Gasteiger charge is 2.18. The maximum absolute atomic E-state index is 9.07. The van der Waals surface area contributed by atoms with Crippen LogP contribution in [0.2, 0.25) is 0 Å². The van der Waals surface area contributed by atoms with Crippen LogP contribution in [0.3, 0.4) is 0 Å². The molecular formula is C9H11N3O3. The third kappa shape index (κ3) is 1.39. The molecule has 2 rings (SSSR count). The molecule has 0 aliphatic rings. The Morgan fingerprint density at radius 2 is 2.13 bits per heavy atom. The fraction of sp³-hybridized carbons (Fsp3) is 0.222. The molecule has 0 saturated heterocycles. The van der Waals surface area contributed by atoms with Gasteiger partial charge in [0.1, 0.15) is 0 Å². The summed E-state index contributed by atoms with van der Waals surface area (Å²) in [6.45, 7) is 1.86. The second kappa shape index (κ2) is 3.41. The number of aromatic nitrogens is 2. The molecule has 0 fully saturated rings. The lowest BCUT2D eigenvalue weighted by atomic mass is 10.3. The smallest absolute Gasteiger partial charge is 0.262 e. The molecule has 2 N–H and O–H groups in total. The lowest BCUT2D eigenvalue weighted by Crippen LogP contribution is -2.11. The molecule has 2 heterocycles. The molecule has 0 radical (unpaired) electrons. The molecule has 80 valence electrons. The largest absolute Gasteiger partial charge is 0.478 e. The molecule has 0 spiro atoms. The maximum atomic E-state index is 9.07. The topological polar surface area (TPSA) is 70.2 Å². The van der Waals surface area contributed by atoms with Crippen LogP contribution in [0.4, 0.5) is 5.69 Å². The lowest BCUT2D eigenvalue weighted by molar-refractivity contribution is 0.0287.